The van der Waals surface area contributed by atoms with Crippen molar-refractivity contribution in [3.63, 3.8) is 0 Å². The molecule has 0 saturated heterocycles. The van der Waals surface area contributed by atoms with E-state index in [4.69, 9.17) is 5.73 Å². The van der Waals surface area contributed by atoms with Gasteiger partial charge in [-0.2, -0.15) is 24.9 Å². The molecule has 0 aromatic heterocycles. The van der Waals surface area contributed by atoms with Crippen LogP contribution in [-0.2, 0) is 15.8 Å². The first kappa shape index (κ1) is 16.4. The molecule has 3 N–H and O–H groups in total. The van der Waals surface area contributed by atoms with E-state index in [2.05, 4.69) is 5.32 Å². The normalized spacial score (nSPS) is 11.2. The lowest BCUT2D eigenvalue weighted by atomic mass is 10.2. The van der Waals surface area contributed by atoms with E-state index in [0.29, 0.717) is 11.4 Å². The number of nitrogens with one attached hydrogen (secondary N) is 1. The third-order valence-corrected chi connectivity index (χ3v) is 3.20. The summed E-state index contributed by atoms with van der Waals surface area (Å²) < 4.78 is 37.0. The summed E-state index contributed by atoms with van der Waals surface area (Å²) in [5.41, 5.74) is 4.45. The number of halogens is 3. The number of anilines is 1. The lowest BCUT2D eigenvalue weighted by molar-refractivity contribution is -0.137. The summed E-state index contributed by atoms with van der Waals surface area (Å²) in [6, 6.07) is 4.18. The van der Waals surface area contributed by atoms with Crippen LogP contribution < -0.4 is 11.1 Å². The van der Waals surface area contributed by atoms with Gasteiger partial charge in [-0.15, -0.1) is 0 Å². The number of rotatable bonds is 6. The minimum absolute atomic E-state index is 0.132. The van der Waals surface area contributed by atoms with Crippen LogP contribution in [0.2, 0.25) is 0 Å². The van der Waals surface area contributed by atoms with Crippen LogP contribution in [-0.4, -0.2) is 23.3 Å². The van der Waals surface area contributed by atoms with Gasteiger partial charge in [0.15, 0.2) is 0 Å². The molecule has 0 saturated carbocycles. The number of carbonyl (C=O) groups excluding carboxylic acids is 2. The van der Waals surface area contributed by atoms with E-state index in [1.54, 1.807) is 0 Å². The summed E-state index contributed by atoms with van der Waals surface area (Å²) in [4.78, 5) is 21.9. The zero-order valence-corrected chi connectivity index (χ0v) is 11.2. The minimum atomic E-state index is -4.39. The molecule has 1 rings (SSSR count). The highest BCUT2D eigenvalue weighted by molar-refractivity contribution is 7.99. The molecule has 0 heterocycles. The van der Waals surface area contributed by atoms with E-state index >= 15 is 0 Å². The van der Waals surface area contributed by atoms with Crippen molar-refractivity contribution in [2.45, 2.75) is 12.6 Å². The van der Waals surface area contributed by atoms with Gasteiger partial charge in [-0.1, -0.05) is 0 Å². The summed E-state index contributed by atoms with van der Waals surface area (Å²) in [5, 5.41) is 2.47. The number of primary amides is 1. The van der Waals surface area contributed by atoms with E-state index in [1.165, 1.54) is 23.9 Å². The van der Waals surface area contributed by atoms with E-state index in [0.717, 1.165) is 12.1 Å². The van der Waals surface area contributed by atoms with Crippen molar-refractivity contribution >= 4 is 29.3 Å². The average Bonchev–Trinajstić information content (AvgIpc) is 2.34. The Bertz CT molecular complexity index is 475. The lowest BCUT2D eigenvalue weighted by Crippen LogP contribution is -2.15. The van der Waals surface area contributed by atoms with Crippen molar-refractivity contribution in [2.24, 2.45) is 5.73 Å². The Kier molecular flexibility index (Phi) is 5.87. The first-order valence-corrected chi connectivity index (χ1v) is 6.77. The zero-order chi connectivity index (χ0) is 15.2. The molecule has 0 aliphatic rings. The van der Waals surface area contributed by atoms with Gasteiger partial charge in [0.05, 0.1) is 11.3 Å². The zero-order valence-electron chi connectivity index (χ0n) is 10.4. The molecule has 0 atom stereocenters. The van der Waals surface area contributed by atoms with Gasteiger partial charge in [-0.3, -0.25) is 9.59 Å². The molecule has 8 heteroatoms. The monoisotopic (exact) mass is 306 g/mol. The fraction of sp³-hybridized carbons (Fsp3) is 0.333. The minimum Gasteiger partial charge on any atom is -0.369 e. The molecule has 0 fully saturated rings. The third kappa shape index (κ3) is 5.96. The first-order chi connectivity index (χ1) is 9.29. The molecule has 110 valence electrons. The van der Waals surface area contributed by atoms with Crippen molar-refractivity contribution in [3.05, 3.63) is 29.8 Å². The largest absolute Gasteiger partial charge is 0.416 e. The Morgan fingerprint density at radius 1 is 1.20 bits per heavy atom. The van der Waals surface area contributed by atoms with Crippen LogP contribution in [0.4, 0.5) is 18.9 Å². The van der Waals surface area contributed by atoms with E-state index in [9.17, 15) is 22.8 Å². The van der Waals surface area contributed by atoms with Crippen molar-refractivity contribution in [1.82, 2.24) is 0 Å². The number of amides is 2. The predicted molar refractivity (Wildman–Crippen MR) is 71.2 cm³/mol. The lowest BCUT2D eigenvalue weighted by Gasteiger charge is -2.08. The number of thioether (sulfide) groups is 1. The molecule has 0 bridgehead atoms. The molecule has 0 spiro atoms. The van der Waals surface area contributed by atoms with Crippen LogP contribution >= 0.6 is 11.8 Å². The Morgan fingerprint density at radius 2 is 1.80 bits per heavy atom. The molecule has 0 radical (unpaired) electrons. The van der Waals surface area contributed by atoms with Crippen LogP contribution in [0.5, 0.6) is 0 Å². The summed E-state index contributed by atoms with van der Waals surface area (Å²) in [7, 11) is 0. The van der Waals surface area contributed by atoms with Crippen LogP contribution in [0.15, 0.2) is 24.3 Å². The average molecular weight is 306 g/mol. The van der Waals surface area contributed by atoms with E-state index in [-0.39, 0.29) is 18.1 Å². The second kappa shape index (κ2) is 7.18. The van der Waals surface area contributed by atoms with Gasteiger partial charge in [0.25, 0.3) is 0 Å². The SMILES string of the molecule is NC(=O)CSCCC(=O)Nc1ccc(C(F)(F)F)cc1. The van der Waals surface area contributed by atoms with Crippen LogP contribution in [0.3, 0.4) is 0 Å². The number of hydrogen-bond acceptors (Lipinski definition) is 3. The van der Waals surface area contributed by atoms with Gasteiger partial charge in [-0.25, -0.2) is 0 Å². The summed E-state index contributed by atoms with van der Waals surface area (Å²) in [6.45, 7) is 0. The molecule has 2 amide bonds. The van der Waals surface area contributed by atoms with Crippen LogP contribution in [0.25, 0.3) is 0 Å². The topological polar surface area (TPSA) is 72.2 Å². The second-order valence-corrected chi connectivity index (χ2v) is 5.00. The number of nitrogens with two attached hydrogens (primary N) is 1. The highest BCUT2D eigenvalue weighted by atomic mass is 32.2. The maximum atomic E-state index is 12.3. The van der Waals surface area contributed by atoms with Crippen molar-refractivity contribution in [1.29, 1.82) is 0 Å². The Balaban J connectivity index is 2.41. The Hall–Kier alpha value is -1.70. The maximum absolute atomic E-state index is 12.3. The van der Waals surface area contributed by atoms with E-state index < -0.39 is 17.6 Å². The maximum Gasteiger partial charge on any atom is 0.416 e. The van der Waals surface area contributed by atoms with E-state index in [1.807, 2.05) is 0 Å². The summed E-state index contributed by atoms with van der Waals surface area (Å²) >= 11 is 1.22. The van der Waals surface area contributed by atoms with Crippen LogP contribution in [0.1, 0.15) is 12.0 Å². The molecule has 1 aromatic carbocycles. The molecule has 0 unspecified atom stereocenters. The van der Waals surface area contributed by atoms with Gasteiger partial charge in [0.2, 0.25) is 11.8 Å². The highest BCUT2D eigenvalue weighted by Gasteiger charge is 2.29. The number of carbonyl (C=O) groups is 2. The summed E-state index contributed by atoms with van der Waals surface area (Å²) in [6.07, 6.45) is -4.24. The Labute approximate surface area is 117 Å². The van der Waals surface area contributed by atoms with Crippen molar-refractivity contribution in [2.75, 3.05) is 16.8 Å². The van der Waals surface area contributed by atoms with Gasteiger partial charge >= 0.3 is 6.18 Å². The molecule has 1 aromatic rings. The molecular formula is C12H13F3N2O2S. The standard InChI is InChI=1S/C12H13F3N2O2S/c13-12(14,15)8-1-3-9(4-2-8)17-11(19)5-6-20-7-10(16)18/h1-4H,5-7H2,(H2,16,18)(H,17,19). The predicted octanol–water partition coefficient (Wildman–Crippen LogP) is 2.25. The second-order valence-electron chi connectivity index (χ2n) is 3.89. The van der Waals surface area contributed by atoms with Gasteiger partial charge < -0.3 is 11.1 Å². The van der Waals surface area contributed by atoms with Crippen molar-refractivity contribution in [3.8, 4) is 0 Å². The Morgan fingerprint density at radius 3 is 2.30 bits per heavy atom. The molecule has 4 nitrogen and oxygen atoms in total. The molecule has 20 heavy (non-hydrogen) atoms. The highest BCUT2D eigenvalue weighted by Crippen LogP contribution is 2.29. The summed E-state index contributed by atoms with van der Waals surface area (Å²) in [5.74, 6) is -0.247. The molecule has 0 aliphatic heterocycles. The molecule has 0 aliphatic carbocycles. The number of hydrogen-bond donors (Lipinski definition) is 2. The van der Waals surface area contributed by atoms with Gasteiger partial charge in [-0.05, 0) is 24.3 Å². The van der Waals surface area contributed by atoms with Crippen LogP contribution in [0, 0.1) is 0 Å². The fourth-order valence-corrected chi connectivity index (χ4v) is 1.98. The quantitative estimate of drug-likeness (QED) is 0.792. The van der Waals surface area contributed by atoms with Crippen molar-refractivity contribution < 1.29 is 22.8 Å². The van der Waals surface area contributed by atoms with Gasteiger partial charge in [0, 0.05) is 17.9 Å². The smallest absolute Gasteiger partial charge is 0.369 e. The number of benzene rings is 1. The van der Waals surface area contributed by atoms with Gasteiger partial charge in [0.1, 0.15) is 0 Å². The number of alkyl halides is 3. The third-order valence-electron chi connectivity index (χ3n) is 2.21. The first-order valence-electron chi connectivity index (χ1n) is 5.62. The molecular weight excluding hydrogens is 293 g/mol. The fourth-order valence-electron chi connectivity index (χ4n) is 1.30.